The number of hydrogen-bond donors (Lipinski definition) is 2. The SMILES string of the molecule is CCNC(=NCc1ncc(C)s1)NCCN(C)C1CCCC1.I. The molecular formula is C16H30IN5S. The number of hydrogen-bond acceptors (Lipinski definition) is 4. The van der Waals surface area contributed by atoms with E-state index in [-0.39, 0.29) is 24.0 Å². The van der Waals surface area contributed by atoms with Gasteiger partial charge in [0.2, 0.25) is 0 Å². The van der Waals surface area contributed by atoms with Crippen LogP contribution in [-0.2, 0) is 6.54 Å². The molecule has 0 saturated heterocycles. The van der Waals surface area contributed by atoms with Gasteiger partial charge in [-0.05, 0) is 33.7 Å². The summed E-state index contributed by atoms with van der Waals surface area (Å²) in [6, 6.07) is 0.777. The molecule has 0 radical (unpaired) electrons. The Hall–Kier alpha value is -0.410. The molecule has 1 saturated carbocycles. The second-order valence-corrected chi connectivity index (χ2v) is 7.22. The van der Waals surface area contributed by atoms with Gasteiger partial charge < -0.3 is 15.5 Å². The van der Waals surface area contributed by atoms with E-state index in [1.165, 1.54) is 30.6 Å². The molecule has 2 N–H and O–H groups in total. The molecule has 7 heteroatoms. The van der Waals surface area contributed by atoms with Crippen LogP contribution in [0.15, 0.2) is 11.2 Å². The number of aliphatic imine (C=N–C) groups is 1. The first kappa shape index (κ1) is 20.6. The van der Waals surface area contributed by atoms with Gasteiger partial charge in [-0.25, -0.2) is 9.98 Å². The van der Waals surface area contributed by atoms with E-state index in [1.54, 1.807) is 11.3 Å². The van der Waals surface area contributed by atoms with Crippen molar-refractivity contribution >= 4 is 41.3 Å². The van der Waals surface area contributed by atoms with Gasteiger partial charge in [0.25, 0.3) is 0 Å². The predicted molar refractivity (Wildman–Crippen MR) is 110 cm³/mol. The average Bonchev–Trinajstić information content (AvgIpc) is 3.16. The van der Waals surface area contributed by atoms with Crippen LogP contribution in [0.4, 0.5) is 0 Å². The lowest BCUT2D eigenvalue weighted by Gasteiger charge is -2.24. The standard InChI is InChI=1S/C16H29N5S.HI/c1-4-17-16(20-12-15-19-11-13(2)22-15)18-9-10-21(3)14-7-5-6-8-14;/h11,14H,4-10,12H2,1-3H3,(H2,17,18,20);1H. The van der Waals surface area contributed by atoms with Crippen LogP contribution < -0.4 is 10.6 Å². The van der Waals surface area contributed by atoms with E-state index in [1.807, 2.05) is 6.20 Å². The number of likely N-dealkylation sites (N-methyl/N-ethyl adjacent to an activating group) is 1. The number of rotatable bonds is 7. The molecule has 0 aromatic carbocycles. The fourth-order valence-corrected chi connectivity index (χ4v) is 3.55. The third-order valence-corrected chi connectivity index (χ3v) is 4.99. The quantitative estimate of drug-likeness (QED) is 0.380. The first-order valence-corrected chi connectivity index (χ1v) is 9.14. The Kier molecular flexibility index (Phi) is 10.0. The van der Waals surface area contributed by atoms with Crippen LogP contribution in [0.5, 0.6) is 0 Å². The molecule has 5 nitrogen and oxygen atoms in total. The summed E-state index contributed by atoms with van der Waals surface area (Å²) in [5, 5.41) is 7.79. The molecule has 1 aliphatic carbocycles. The van der Waals surface area contributed by atoms with E-state index in [4.69, 9.17) is 0 Å². The number of nitrogens with one attached hydrogen (secondary N) is 2. The van der Waals surface area contributed by atoms with Crippen molar-refractivity contribution in [2.75, 3.05) is 26.7 Å². The highest BCUT2D eigenvalue weighted by Crippen LogP contribution is 2.21. The number of guanidine groups is 1. The first-order valence-electron chi connectivity index (χ1n) is 8.32. The maximum absolute atomic E-state index is 4.62. The molecule has 1 aromatic rings. The minimum atomic E-state index is 0. The van der Waals surface area contributed by atoms with Crippen LogP contribution in [0.3, 0.4) is 0 Å². The van der Waals surface area contributed by atoms with Crippen molar-refractivity contribution < 1.29 is 0 Å². The van der Waals surface area contributed by atoms with E-state index >= 15 is 0 Å². The summed E-state index contributed by atoms with van der Waals surface area (Å²) < 4.78 is 0. The lowest BCUT2D eigenvalue weighted by molar-refractivity contribution is 0.249. The molecular weight excluding hydrogens is 421 g/mol. The van der Waals surface area contributed by atoms with E-state index in [0.29, 0.717) is 6.54 Å². The summed E-state index contributed by atoms with van der Waals surface area (Å²) in [6.07, 6.45) is 7.40. The van der Waals surface area contributed by atoms with Crippen LogP contribution in [0.2, 0.25) is 0 Å². The van der Waals surface area contributed by atoms with Crippen LogP contribution in [0.1, 0.15) is 42.5 Å². The largest absolute Gasteiger partial charge is 0.357 e. The Labute approximate surface area is 161 Å². The van der Waals surface area contributed by atoms with Crippen molar-refractivity contribution in [1.82, 2.24) is 20.5 Å². The van der Waals surface area contributed by atoms with Gasteiger partial charge in [-0.2, -0.15) is 0 Å². The molecule has 1 heterocycles. The maximum Gasteiger partial charge on any atom is 0.191 e. The summed E-state index contributed by atoms with van der Waals surface area (Å²) in [5.41, 5.74) is 0. The lowest BCUT2D eigenvalue weighted by Crippen LogP contribution is -2.42. The second-order valence-electron chi connectivity index (χ2n) is 5.91. The van der Waals surface area contributed by atoms with Crippen molar-refractivity contribution in [3.05, 3.63) is 16.1 Å². The highest BCUT2D eigenvalue weighted by Gasteiger charge is 2.18. The number of halogens is 1. The minimum absolute atomic E-state index is 0. The van der Waals surface area contributed by atoms with Gasteiger partial charge in [0.05, 0.1) is 6.54 Å². The van der Waals surface area contributed by atoms with E-state index in [0.717, 1.165) is 36.6 Å². The van der Waals surface area contributed by atoms with Crippen LogP contribution in [0, 0.1) is 6.92 Å². The zero-order valence-electron chi connectivity index (χ0n) is 14.5. The number of nitrogens with zero attached hydrogens (tertiary/aromatic N) is 3. The molecule has 132 valence electrons. The smallest absolute Gasteiger partial charge is 0.191 e. The van der Waals surface area contributed by atoms with Gasteiger partial charge in [0.1, 0.15) is 5.01 Å². The number of aromatic nitrogens is 1. The molecule has 2 rings (SSSR count). The lowest BCUT2D eigenvalue weighted by atomic mass is 10.2. The monoisotopic (exact) mass is 451 g/mol. The fourth-order valence-electron chi connectivity index (χ4n) is 2.84. The van der Waals surface area contributed by atoms with Crippen LogP contribution >= 0.6 is 35.3 Å². The Bertz CT molecular complexity index is 471. The van der Waals surface area contributed by atoms with Gasteiger partial charge in [-0.15, -0.1) is 35.3 Å². The predicted octanol–water partition coefficient (Wildman–Crippen LogP) is 3.00. The third-order valence-electron chi connectivity index (χ3n) is 4.09. The minimum Gasteiger partial charge on any atom is -0.357 e. The fraction of sp³-hybridized carbons (Fsp3) is 0.750. The third kappa shape index (κ3) is 7.34. The molecule has 1 fully saturated rings. The molecule has 0 atom stereocenters. The van der Waals surface area contributed by atoms with Crippen molar-refractivity contribution in [3.63, 3.8) is 0 Å². The average molecular weight is 451 g/mol. The summed E-state index contributed by atoms with van der Waals surface area (Å²) in [7, 11) is 2.24. The zero-order valence-corrected chi connectivity index (χ0v) is 17.6. The van der Waals surface area contributed by atoms with Gasteiger partial charge in [-0.3, -0.25) is 0 Å². The maximum atomic E-state index is 4.62. The van der Waals surface area contributed by atoms with E-state index in [9.17, 15) is 0 Å². The molecule has 0 spiro atoms. The Morgan fingerprint density at radius 1 is 1.39 bits per heavy atom. The second kappa shape index (κ2) is 11.2. The molecule has 0 unspecified atom stereocenters. The summed E-state index contributed by atoms with van der Waals surface area (Å²) in [5.74, 6) is 0.884. The highest BCUT2D eigenvalue weighted by atomic mass is 127. The Morgan fingerprint density at radius 2 is 2.13 bits per heavy atom. The van der Waals surface area contributed by atoms with E-state index < -0.39 is 0 Å². The van der Waals surface area contributed by atoms with Crippen molar-refractivity contribution in [2.24, 2.45) is 4.99 Å². The van der Waals surface area contributed by atoms with Gasteiger partial charge in [-0.1, -0.05) is 12.8 Å². The Balaban J connectivity index is 0.00000264. The zero-order chi connectivity index (χ0) is 15.8. The molecule has 1 aromatic heterocycles. The molecule has 0 bridgehead atoms. The van der Waals surface area contributed by atoms with Crippen molar-refractivity contribution in [2.45, 2.75) is 52.1 Å². The number of aryl methyl sites for hydroxylation is 1. The van der Waals surface area contributed by atoms with Crippen molar-refractivity contribution in [1.29, 1.82) is 0 Å². The van der Waals surface area contributed by atoms with Crippen LogP contribution in [0.25, 0.3) is 0 Å². The number of thiazole rings is 1. The summed E-state index contributed by atoms with van der Waals surface area (Å²) >= 11 is 1.71. The molecule has 1 aliphatic rings. The van der Waals surface area contributed by atoms with Gasteiger partial charge in [0.15, 0.2) is 5.96 Å². The first-order chi connectivity index (χ1) is 10.7. The van der Waals surface area contributed by atoms with Gasteiger partial charge in [0, 0.05) is 36.8 Å². The molecule has 0 amide bonds. The summed E-state index contributed by atoms with van der Waals surface area (Å²) in [4.78, 5) is 12.7. The van der Waals surface area contributed by atoms with Gasteiger partial charge >= 0.3 is 0 Å². The van der Waals surface area contributed by atoms with Crippen LogP contribution in [-0.4, -0.2) is 48.6 Å². The normalized spacial score (nSPS) is 15.7. The van der Waals surface area contributed by atoms with E-state index in [2.05, 4.69) is 46.4 Å². The Morgan fingerprint density at radius 3 is 2.74 bits per heavy atom. The molecule has 23 heavy (non-hydrogen) atoms. The topological polar surface area (TPSA) is 52.6 Å². The molecule has 0 aliphatic heterocycles. The summed E-state index contributed by atoms with van der Waals surface area (Å²) in [6.45, 7) is 7.68. The highest BCUT2D eigenvalue weighted by molar-refractivity contribution is 14.0. The van der Waals surface area contributed by atoms with Crippen molar-refractivity contribution in [3.8, 4) is 0 Å².